The van der Waals surface area contributed by atoms with E-state index in [9.17, 15) is 45.5 Å². The number of nitrogens with one attached hydrogen (secondary N) is 6. The molecule has 68 heavy (non-hydrogen) atoms. The number of hydrogen-bond donors (Lipinski definition) is 8. The zero-order valence-corrected chi connectivity index (χ0v) is 37.4. The Bertz CT molecular complexity index is 2090. The molecule has 4 amide bonds. The summed E-state index contributed by atoms with van der Waals surface area (Å²) < 4.78 is 74.1. The lowest BCUT2D eigenvalue weighted by Gasteiger charge is -2.11. The number of halogens is 6. The van der Waals surface area contributed by atoms with E-state index in [1.807, 2.05) is 36.4 Å². The van der Waals surface area contributed by atoms with Gasteiger partial charge in [-0.15, -0.1) is 0 Å². The number of hydrogen-bond acceptors (Lipinski definition) is 12. The minimum absolute atomic E-state index is 0.0795. The summed E-state index contributed by atoms with van der Waals surface area (Å²) in [7, 11) is 3.14. The molecule has 0 aliphatic carbocycles. The fraction of sp³-hybridized carbons (Fsp3) is 0.455. The zero-order chi connectivity index (χ0) is 50.5. The van der Waals surface area contributed by atoms with Crippen LogP contribution in [0.1, 0.15) is 64.2 Å². The van der Waals surface area contributed by atoms with E-state index in [1.54, 1.807) is 38.7 Å². The van der Waals surface area contributed by atoms with E-state index in [1.165, 1.54) is 0 Å². The molecule has 374 valence electrons. The highest BCUT2D eigenvalue weighted by Crippen LogP contribution is 2.29. The van der Waals surface area contributed by atoms with Crippen LogP contribution >= 0.6 is 0 Å². The molecule has 24 heteroatoms. The average molecular weight is 971 g/mol. The van der Waals surface area contributed by atoms with Gasteiger partial charge < -0.3 is 51.6 Å². The second kappa shape index (κ2) is 30.5. The van der Waals surface area contributed by atoms with E-state index in [0.29, 0.717) is 47.0 Å². The van der Waals surface area contributed by atoms with E-state index in [-0.39, 0.29) is 49.3 Å². The Kier molecular flexibility index (Phi) is 25.7. The summed E-state index contributed by atoms with van der Waals surface area (Å²) in [6.45, 7) is 4.63. The number of carboxylic acid groups (broad SMARTS) is 2. The van der Waals surface area contributed by atoms with Gasteiger partial charge in [-0.25, -0.2) is 9.59 Å². The molecule has 0 radical (unpaired) electrons. The molecule has 2 aromatic heterocycles. The molecule has 4 aromatic rings. The number of aliphatic carboxylic acids is 2. The lowest BCUT2D eigenvalue weighted by atomic mass is 10.1. The molecule has 18 nitrogen and oxygen atoms in total. The van der Waals surface area contributed by atoms with Crippen molar-refractivity contribution in [1.29, 1.82) is 0 Å². The largest absolute Gasteiger partial charge is 0.497 e. The lowest BCUT2D eigenvalue weighted by Crippen LogP contribution is -2.28. The van der Waals surface area contributed by atoms with E-state index >= 15 is 0 Å². The molecule has 0 fully saturated rings. The van der Waals surface area contributed by atoms with Gasteiger partial charge in [0.1, 0.15) is 11.5 Å². The van der Waals surface area contributed by atoms with Crippen LogP contribution in [0.25, 0.3) is 21.8 Å². The molecule has 0 saturated heterocycles. The molecular weight excluding hydrogens is 915 g/mol. The SMILES string of the molecule is COc1cc(NC(=O)CCC(=O)NCCCNCCCCCCNCCCNC(=O)CCC(=O)Nc2cc(OC)cc3cccnc23)c2ncccc2c1.O=C(O)C(F)(F)F.O=C(O)C(F)(F)F. The first-order valence-electron chi connectivity index (χ1n) is 21.2. The minimum atomic E-state index is -5.08. The summed E-state index contributed by atoms with van der Waals surface area (Å²) in [5, 5.41) is 34.3. The summed E-state index contributed by atoms with van der Waals surface area (Å²) in [6.07, 6.45) is -0.328. The zero-order valence-electron chi connectivity index (χ0n) is 37.4. The van der Waals surface area contributed by atoms with Crippen molar-refractivity contribution >= 4 is 68.7 Å². The number of methoxy groups -OCH3 is 2. The molecule has 8 N–H and O–H groups in total. The maximum absolute atomic E-state index is 12.5. The third-order valence-corrected chi connectivity index (χ3v) is 9.18. The molecule has 0 aliphatic heterocycles. The van der Waals surface area contributed by atoms with Gasteiger partial charge in [0.25, 0.3) is 0 Å². The van der Waals surface area contributed by atoms with Crippen molar-refractivity contribution in [2.45, 2.75) is 76.6 Å². The number of carboxylic acids is 2. The minimum Gasteiger partial charge on any atom is -0.497 e. The molecule has 0 atom stereocenters. The Labute approximate surface area is 387 Å². The molecule has 2 heterocycles. The van der Waals surface area contributed by atoms with Crippen LogP contribution in [-0.2, 0) is 28.8 Å². The Balaban J connectivity index is 0.000000982. The van der Waals surface area contributed by atoms with Gasteiger partial charge in [0.2, 0.25) is 23.6 Å². The van der Waals surface area contributed by atoms with E-state index in [4.69, 9.17) is 29.3 Å². The van der Waals surface area contributed by atoms with Gasteiger partial charge in [0.05, 0.1) is 36.6 Å². The van der Waals surface area contributed by atoms with Crippen molar-refractivity contribution in [3.05, 3.63) is 60.9 Å². The molecule has 0 bridgehead atoms. The number of alkyl halides is 6. The number of pyridine rings is 2. The van der Waals surface area contributed by atoms with Crippen molar-refractivity contribution < 1.29 is 74.8 Å². The van der Waals surface area contributed by atoms with Crippen LogP contribution in [-0.4, -0.2) is 122 Å². The number of benzene rings is 2. The number of carbonyl (C=O) groups is 6. The third kappa shape index (κ3) is 23.6. The first kappa shape index (κ1) is 57.3. The van der Waals surface area contributed by atoms with Gasteiger partial charge in [0, 0.05) is 74.1 Å². The quantitative estimate of drug-likeness (QED) is 0.0282. The average Bonchev–Trinajstić information content (AvgIpc) is 3.29. The molecule has 4 rings (SSSR count). The summed E-state index contributed by atoms with van der Waals surface area (Å²) in [6, 6.07) is 14.6. The number of carbonyl (C=O) groups excluding carboxylic acids is 4. The van der Waals surface area contributed by atoms with Gasteiger partial charge >= 0.3 is 24.3 Å². The normalized spacial score (nSPS) is 11.0. The van der Waals surface area contributed by atoms with Crippen LogP contribution in [0.15, 0.2) is 60.9 Å². The fourth-order valence-corrected chi connectivity index (χ4v) is 5.80. The third-order valence-electron chi connectivity index (χ3n) is 9.18. The number of fused-ring (bicyclic) bond motifs is 2. The highest BCUT2D eigenvalue weighted by atomic mass is 19.4. The maximum Gasteiger partial charge on any atom is 0.490 e. The van der Waals surface area contributed by atoms with Gasteiger partial charge in [-0.2, -0.15) is 26.3 Å². The maximum atomic E-state index is 12.5. The van der Waals surface area contributed by atoms with Crippen LogP contribution in [0.3, 0.4) is 0 Å². The monoisotopic (exact) mass is 970 g/mol. The van der Waals surface area contributed by atoms with Crippen molar-refractivity contribution in [1.82, 2.24) is 31.2 Å². The first-order valence-corrected chi connectivity index (χ1v) is 21.2. The van der Waals surface area contributed by atoms with E-state index in [2.05, 4.69) is 41.9 Å². The molecule has 0 aliphatic rings. The van der Waals surface area contributed by atoms with Crippen LogP contribution in [0.4, 0.5) is 37.7 Å². The van der Waals surface area contributed by atoms with Crippen LogP contribution in [0, 0.1) is 0 Å². The van der Waals surface area contributed by atoms with Gasteiger partial charge in [0.15, 0.2) is 0 Å². The predicted molar refractivity (Wildman–Crippen MR) is 239 cm³/mol. The Morgan fingerprint density at radius 3 is 1.19 bits per heavy atom. The second-order valence-electron chi connectivity index (χ2n) is 14.5. The second-order valence-corrected chi connectivity index (χ2v) is 14.5. The Hall–Kier alpha value is -6.82. The smallest absolute Gasteiger partial charge is 0.490 e. The standard InChI is InChI=1S/C40H54N8O6.2C2HF3O2/c1-53-31-25-29-11-7-21-45-39(29)33(27-31)47-37(51)15-13-35(49)43-23-9-19-41-17-5-3-4-6-18-42-20-10-24-44-36(50)14-16-38(52)48-34-28-32(54-2)26-30-12-8-22-46-40(30)34;2*3-2(4,5)1(6)7/h7-8,11-12,21-22,25-28,41-42H,3-6,9-10,13-20,23-24H2,1-2H3,(H,43,49)(H,44,50)(H,47,51)(H,48,52);2*(H,6,7). The van der Waals surface area contributed by atoms with Crippen molar-refractivity contribution in [2.24, 2.45) is 0 Å². The number of rotatable bonds is 25. The summed E-state index contributed by atoms with van der Waals surface area (Å²) in [5.74, 6) is -5.07. The van der Waals surface area contributed by atoms with E-state index in [0.717, 1.165) is 75.5 Å². The van der Waals surface area contributed by atoms with Crippen molar-refractivity contribution in [3.63, 3.8) is 0 Å². The number of aromatic nitrogens is 2. The van der Waals surface area contributed by atoms with Crippen LogP contribution in [0.5, 0.6) is 11.5 Å². The predicted octanol–water partition coefficient (Wildman–Crippen LogP) is 5.96. The lowest BCUT2D eigenvalue weighted by molar-refractivity contribution is -0.193. The first-order chi connectivity index (χ1) is 32.2. The summed E-state index contributed by atoms with van der Waals surface area (Å²) in [5.41, 5.74) is 2.46. The number of ether oxygens (including phenoxy) is 2. The Morgan fingerprint density at radius 2 is 0.853 bits per heavy atom. The highest BCUT2D eigenvalue weighted by molar-refractivity contribution is 6.03. The molecule has 0 saturated carbocycles. The number of amides is 4. The summed E-state index contributed by atoms with van der Waals surface area (Å²) in [4.78, 5) is 76.0. The fourth-order valence-electron chi connectivity index (χ4n) is 5.80. The number of anilines is 2. The molecule has 2 aromatic carbocycles. The number of unbranched alkanes of at least 4 members (excludes halogenated alkanes) is 3. The highest BCUT2D eigenvalue weighted by Gasteiger charge is 2.39. The Morgan fingerprint density at radius 1 is 0.515 bits per heavy atom. The van der Waals surface area contributed by atoms with Gasteiger partial charge in [-0.1, -0.05) is 25.0 Å². The van der Waals surface area contributed by atoms with E-state index < -0.39 is 24.3 Å². The topological polar surface area (TPSA) is 259 Å². The van der Waals surface area contributed by atoms with Gasteiger partial charge in [-0.3, -0.25) is 29.1 Å². The van der Waals surface area contributed by atoms with Crippen molar-refractivity contribution in [2.75, 3.05) is 64.1 Å². The molecular formula is C44H56F6N8O10. The number of nitrogens with zero attached hydrogens (tertiary/aromatic N) is 2. The summed E-state index contributed by atoms with van der Waals surface area (Å²) >= 11 is 0. The van der Waals surface area contributed by atoms with Crippen LogP contribution < -0.4 is 41.4 Å². The van der Waals surface area contributed by atoms with Crippen molar-refractivity contribution in [3.8, 4) is 11.5 Å². The van der Waals surface area contributed by atoms with Gasteiger partial charge in [-0.05, 0) is 76.1 Å². The van der Waals surface area contributed by atoms with Crippen LogP contribution in [0.2, 0.25) is 0 Å². The molecule has 0 unspecified atom stereocenters. The molecule has 0 spiro atoms.